The molecular formula is C15H15NO3. The molecule has 0 aromatic heterocycles. The number of carbonyl (C=O) groups excluding carboxylic acids is 2. The third kappa shape index (κ3) is 1.71. The smallest absolute Gasteiger partial charge is 0.228 e. The van der Waals surface area contributed by atoms with Gasteiger partial charge in [-0.05, 0) is 13.8 Å². The Hall–Kier alpha value is -1.94. The van der Waals surface area contributed by atoms with E-state index < -0.39 is 11.6 Å². The molecule has 0 spiro atoms. The first-order chi connectivity index (χ1) is 8.91. The first-order valence-corrected chi connectivity index (χ1v) is 6.28. The van der Waals surface area contributed by atoms with E-state index in [2.05, 4.69) is 0 Å². The number of fused-ring (bicyclic) bond motifs is 1. The number of Topliss-reactive ketones (excluding diaryl/α,β-unsaturated/α-hetero) is 2. The number of benzene rings is 1. The first kappa shape index (κ1) is 12.1. The van der Waals surface area contributed by atoms with Gasteiger partial charge in [-0.15, -0.1) is 0 Å². The Morgan fingerprint density at radius 2 is 1.74 bits per heavy atom. The fourth-order valence-corrected chi connectivity index (χ4v) is 2.76. The highest BCUT2D eigenvalue weighted by Gasteiger charge is 2.43. The molecule has 0 saturated heterocycles. The van der Waals surface area contributed by atoms with E-state index in [1.54, 1.807) is 24.3 Å². The van der Waals surface area contributed by atoms with Crippen LogP contribution >= 0.6 is 0 Å². The van der Waals surface area contributed by atoms with Crippen LogP contribution in [0.15, 0.2) is 35.6 Å². The van der Waals surface area contributed by atoms with Crippen molar-refractivity contribution in [2.45, 2.75) is 31.9 Å². The molecule has 1 unspecified atom stereocenters. The lowest BCUT2D eigenvalue weighted by atomic mass is 9.80. The van der Waals surface area contributed by atoms with Crippen LogP contribution in [0.5, 0.6) is 0 Å². The highest BCUT2D eigenvalue weighted by molar-refractivity contribution is 6.26. The molecular weight excluding hydrogens is 242 g/mol. The lowest BCUT2D eigenvalue weighted by Crippen LogP contribution is -2.46. The predicted molar refractivity (Wildman–Crippen MR) is 69.9 cm³/mol. The van der Waals surface area contributed by atoms with Crippen LogP contribution in [0.25, 0.3) is 0 Å². The van der Waals surface area contributed by atoms with Crippen molar-refractivity contribution in [1.82, 2.24) is 0 Å². The quantitative estimate of drug-likeness (QED) is 0.770. The first-order valence-electron chi connectivity index (χ1n) is 6.28. The molecule has 2 N–H and O–H groups in total. The van der Waals surface area contributed by atoms with Crippen LogP contribution in [-0.2, 0) is 4.74 Å². The van der Waals surface area contributed by atoms with Crippen LogP contribution in [-0.4, -0.2) is 23.2 Å². The summed E-state index contributed by atoms with van der Waals surface area (Å²) in [7, 11) is 0. The van der Waals surface area contributed by atoms with Gasteiger partial charge in [0.2, 0.25) is 5.78 Å². The minimum absolute atomic E-state index is 0.132. The lowest BCUT2D eigenvalue weighted by Gasteiger charge is -2.38. The van der Waals surface area contributed by atoms with Gasteiger partial charge >= 0.3 is 0 Å². The van der Waals surface area contributed by atoms with Crippen molar-refractivity contribution >= 4 is 11.6 Å². The second-order valence-electron chi connectivity index (χ2n) is 5.62. The van der Waals surface area contributed by atoms with Crippen LogP contribution in [0.2, 0.25) is 0 Å². The average molecular weight is 257 g/mol. The van der Waals surface area contributed by atoms with Crippen molar-refractivity contribution in [3.05, 3.63) is 46.7 Å². The highest BCUT2D eigenvalue weighted by atomic mass is 16.5. The number of ketones is 2. The Morgan fingerprint density at radius 1 is 1.16 bits per heavy atom. The van der Waals surface area contributed by atoms with E-state index in [1.165, 1.54) is 0 Å². The molecule has 0 fully saturated rings. The average Bonchev–Trinajstić information content (AvgIpc) is 2.34. The molecule has 4 nitrogen and oxygen atoms in total. The SMILES string of the molecule is CC1(C)CC(N)C2=C(O1)C(=O)c1ccccc1C2=O. The summed E-state index contributed by atoms with van der Waals surface area (Å²) in [5, 5.41) is 0. The molecule has 1 heterocycles. The minimum atomic E-state index is -0.527. The van der Waals surface area contributed by atoms with Gasteiger partial charge in [-0.25, -0.2) is 0 Å². The second-order valence-corrected chi connectivity index (χ2v) is 5.62. The molecule has 0 radical (unpaired) electrons. The fraction of sp³-hybridized carbons (Fsp3) is 0.333. The standard InChI is InChI=1S/C15H15NO3/c1-15(2)7-10(16)11-12(17)8-5-3-4-6-9(8)13(18)14(11)19-15/h3-6,10H,7,16H2,1-2H3. The molecule has 2 aliphatic rings. The zero-order valence-corrected chi connectivity index (χ0v) is 10.9. The molecule has 4 heteroatoms. The van der Waals surface area contributed by atoms with Crippen LogP contribution in [0, 0.1) is 0 Å². The summed E-state index contributed by atoms with van der Waals surface area (Å²) in [6, 6.07) is 6.34. The summed E-state index contributed by atoms with van der Waals surface area (Å²) in [6.45, 7) is 3.74. The van der Waals surface area contributed by atoms with Crippen molar-refractivity contribution in [2.75, 3.05) is 0 Å². The van der Waals surface area contributed by atoms with E-state index >= 15 is 0 Å². The Kier molecular flexibility index (Phi) is 2.41. The van der Waals surface area contributed by atoms with Gasteiger partial charge in [-0.1, -0.05) is 24.3 Å². The summed E-state index contributed by atoms with van der Waals surface area (Å²) in [5.74, 6) is -0.297. The number of rotatable bonds is 0. The van der Waals surface area contributed by atoms with Crippen molar-refractivity contribution in [2.24, 2.45) is 5.73 Å². The van der Waals surface area contributed by atoms with Gasteiger partial charge in [-0.2, -0.15) is 0 Å². The number of carbonyl (C=O) groups is 2. The molecule has 1 aliphatic carbocycles. The van der Waals surface area contributed by atoms with Gasteiger partial charge in [0.15, 0.2) is 11.5 Å². The van der Waals surface area contributed by atoms with Gasteiger partial charge in [0.25, 0.3) is 0 Å². The van der Waals surface area contributed by atoms with Crippen LogP contribution in [0.3, 0.4) is 0 Å². The van der Waals surface area contributed by atoms with Gasteiger partial charge in [0.1, 0.15) is 5.60 Å². The number of hydrogen-bond donors (Lipinski definition) is 1. The Balaban J connectivity index is 2.20. The van der Waals surface area contributed by atoms with Gasteiger partial charge < -0.3 is 10.5 Å². The maximum Gasteiger partial charge on any atom is 0.228 e. The molecule has 0 bridgehead atoms. The summed E-state index contributed by atoms with van der Waals surface area (Å²) in [5.41, 5.74) is 6.68. The molecule has 0 amide bonds. The van der Waals surface area contributed by atoms with E-state index in [1.807, 2.05) is 13.8 Å². The monoisotopic (exact) mass is 257 g/mol. The minimum Gasteiger partial charge on any atom is -0.483 e. The van der Waals surface area contributed by atoms with Crippen LogP contribution in [0.4, 0.5) is 0 Å². The van der Waals surface area contributed by atoms with Crippen molar-refractivity contribution in [3.63, 3.8) is 0 Å². The lowest BCUT2D eigenvalue weighted by molar-refractivity contribution is 0.00582. The van der Waals surface area contributed by atoms with E-state index in [0.29, 0.717) is 23.1 Å². The third-order valence-electron chi connectivity index (χ3n) is 3.57. The summed E-state index contributed by atoms with van der Waals surface area (Å²) in [4.78, 5) is 24.9. The molecule has 0 saturated carbocycles. The number of nitrogens with two attached hydrogens (primary N) is 1. The van der Waals surface area contributed by atoms with E-state index in [-0.39, 0.29) is 17.3 Å². The van der Waals surface area contributed by atoms with E-state index in [9.17, 15) is 9.59 Å². The van der Waals surface area contributed by atoms with Crippen molar-refractivity contribution in [1.29, 1.82) is 0 Å². The zero-order chi connectivity index (χ0) is 13.8. The predicted octanol–water partition coefficient (Wildman–Crippen LogP) is 1.85. The molecule has 98 valence electrons. The molecule has 19 heavy (non-hydrogen) atoms. The molecule has 1 atom stereocenters. The number of allylic oxidation sites excluding steroid dienone is 1. The highest BCUT2D eigenvalue weighted by Crippen LogP contribution is 2.37. The van der Waals surface area contributed by atoms with Gasteiger partial charge in [0, 0.05) is 23.6 Å². The van der Waals surface area contributed by atoms with E-state index in [4.69, 9.17) is 10.5 Å². The maximum absolute atomic E-state index is 12.4. The van der Waals surface area contributed by atoms with Crippen LogP contribution in [0.1, 0.15) is 41.0 Å². The number of ether oxygens (including phenoxy) is 1. The summed E-state index contributed by atoms with van der Waals surface area (Å²) in [6.07, 6.45) is 0.521. The van der Waals surface area contributed by atoms with Gasteiger partial charge in [0.05, 0.1) is 5.57 Å². The van der Waals surface area contributed by atoms with Crippen LogP contribution < -0.4 is 5.73 Å². The molecule has 1 aromatic carbocycles. The fourth-order valence-electron chi connectivity index (χ4n) is 2.76. The Morgan fingerprint density at radius 3 is 2.37 bits per heavy atom. The van der Waals surface area contributed by atoms with Crippen molar-refractivity contribution in [3.8, 4) is 0 Å². The van der Waals surface area contributed by atoms with E-state index in [0.717, 1.165) is 0 Å². The molecule has 1 aromatic rings. The summed E-state index contributed by atoms with van der Waals surface area (Å²) >= 11 is 0. The third-order valence-corrected chi connectivity index (χ3v) is 3.57. The zero-order valence-electron chi connectivity index (χ0n) is 10.9. The Labute approximate surface area is 111 Å². The van der Waals surface area contributed by atoms with Gasteiger partial charge in [-0.3, -0.25) is 9.59 Å². The second kappa shape index (κ2) is 3.78. The normalized spacial score (nSPS) is 24.7. The number of hydrogen-bond acceptors (Lipinski definition) is 4. The van der Waals surface area contributed by atoms with Crippen molar-refractivity contribution < 1.29 is 14.3 Å². The summed E-state index contributed by atoms with van der Waals surface area (Å²) < 4.78 is 5.72. The molecule has 1 aliphatic heterocycles. The maximum atomic E-state index is 12.4. The largest absolute Gasteiger partial charge is 0.483 e. The Bertz CT molecular complexity index is 628. The topological polar surface area (TPSA) is 69.4 Å². The molecule has 3 rings (SSSR count).